The van der Waals surface area contributed by atoms with Gasteiger partial charge >= 0.3 is 0 Å². The van der Waals surface area contributed by atoms with Gasteiger partial charge in [0.25, 0.3) is 0 Å². The molecule has 1 heterocycles. The zero-order valence-electron chi connectivity index (χ0n) is 10.3. The summed E-state index contributed by atoms with van der Waals surface area (Å²) in [4.78, 5) is 0. The normalized spacial score (nSPS) is 38.3. The van der Waals surface area contributed by atoms with Crippen LogP contribution < -0.4 is 5.32 Å². The highest BCUT2D eigenvalue weighted by atomic mass is 32.2. The molecule has 0 amide bonds. The summed E-state index contributed by atoms with van der Waals surface area (Å²) >= 11 is 0. The van der Waals surface area contributed by atoms with Crippen molar-refractivity contribution in [2.45, 2.75) is 51.6 Å². The maximum absolute atomic E-state index is 11.5. The van der Waals surface area contributed by atoms with E-state index in [-0.39, 0.29) is 6.04 Å². The van der Waals surface area contributed by atoms with Gasteiger partial charge in [-0.25, -0.2) is 8.42 Å². The van der Waals surface area contributed by atoms with Crippen molar-refractivity contribution >= 4 is 9.84 Å². The van der Waals surface area contributed by atoms with Crippen LogP contribution in [0.3, 0.4) is 0 Å². The van der Waals surface area contributed by atoms with E-state index in [9.17, 15) is 8.42 Å². The van der Waals surface area contributed by atoms with Gasteiger partial charge in [-0.05, 0) is 37.5 Å². The molecule has 1 aliphatic carbocycles. The van der Waals surface area contributed by atoms with Crippen LogP contribution in [0.15, 0.2) is 0 Å². The average molecular weight is 245 g/mol. The number of hydrogen-bond acceptors (Lipinski definition) is 3. The van der Waals surface area contributed by atoms with Crippen LogP contribution in [0.4, 0.5) is 0 Å². The quantitative estimate of drug-likeness (QED) is 0.821. The van der Waals surface area contributed by atoms with Gasteiger partial charge in [0.05, 0.1) is 11.5 Å². The molecule has 0 radical (unpaired) electrons. The number of rotatable bonds is 3. The van der Waals surface area contributed by atoms with Crippen molar-refractivity contribution in [3.05, 3.63) is 0 Å². The minimum Gasteiger partial charge on any atom is -0.310 e. The second-order valence-corrected chi connectivity index (χ2v) is 8.02. The molecule has 1 N–H and O–H groups in total. The largest absolute Gasteiger partial charge is 0.310 e. The van der Waals surface area contributed by atoms with Gasteiger partial charge in [0.2, 0.25) is 0 Å². The van der Waals surface area contributed by atoms with Crippen LogP contribution in [-0.4, -0.2) is 32.0 Å². The van der Waals surface area contributed by atoms with Gasteiger partial charge in [-0.2, -0.15) is 0 Å². The molecule has 2 fully saturated rings. The summed E-state index contributed by atoms with van der Waals surface area (Å²) in [6, 6.07) is 0.794. The maximum Gasteiger partial charge on any atom is 0.151 e. The predicted octanol–water partition coefficient (Wildman–Crippen LogP) is 1.59. The van der Waals surface area contributed by atoms with Gasteiger partial charge < -0.3 is 5.32 Å². The van der Waals surface area contributed by atoms with Gasteiger partial charge in [0.15, 0.2) is 9.84 Å². The predicted molar refractivity (Wildman–Crippen MR) is 66.2 cm³/mol. The summed E-state index contributed by atoms with van der Waals surface area (Å²) in [6.45, 7) is 4.54. The van der Waals surface area contributed by atoms with Gasteiger partial charge in [-0.1, -0.05) is 13.8 Å². The molecule has 1 saturated carbocycles. The Kier molecular flexibility index (Phi) is 3.59. The summed E-state index contributed by atoms with van der Waals surface area (Å²) in [7, 11) is -2.75. The Morgan fingerprint density at radius 3 is 2.44 bits per heavy atom. The number of hydrogen-bond donors (Lipinski definition) is 1. The Bertz CT molecular complexity index is 331. The lowest BCUT2D eigenvalue weighted by Gasteiger charge is -2.41. The van der Waals surface area contributed by atoms with Crippen molar-refractivity contribution < 1.29 is 8.42 Å². The van der Waals surface area contributed by atoms with Crippen molar-refractivity contribution in [2.24, 2.45) is 11.8 Å². The minimum atomic E-state index is -2.75. The topological polar surface area (TPSA) is 46.2 Å². The fourth-order valence-electron chi connectivity index (χ4n) is 2.83. The Labute approximate surface area is 98.9 Å². The van der Waals surface area contributed by atoms with Crippen LogP contribution in [0.1, 0.15) is 39.5 Å². The van der Waals surface area contributed by atoms with Crippen LogP contribution in [0.2, 0.25) is 0 Å². The fourth-order valence-corrected chi connectivity index (χ4v) is 4.48. The van der Waals surface area contributed by atoms with Crippen LogP contribution in [-0.2, 0) is 9.84 Å². The summed E-state index contributed by atoms with van der Waals surface area (Å²) in [5, 5.41) is 3.52. The fraction of sp³-hybridized carbons (Fsp3) is 1.00. The summed E-state index contributed by atoms with van der Waals surface area (Å²) in [5.41, 5.74) is 0. The van der Waals surface area contributed by atoms with Gasteiger partial charge in [0, 0.05) is 12.1 Å². The molecule has 94 valence electrons. The molecule has 0 bridgehead atoms. The lowest BCUT2D eigenvalue weighted by atomic mass is 9.73. The van der Waals surface area contributed by atoms with Crippen LogP contribution in [0.5, 0.6) is 0 Å². The maximum atomic E-state index is 11.5. The van der Waals surface area contributed by atoms with Crippen molar-refractivity contribution in [3.63, 3.8) is 0 Å². The third kappa shape index (κ3) is 2.98. The van der Waals surface area contributed by atoms with E-state index in [4.69, 9.17) is 0 Å². The molecule has 16 heavy (non-hydrogen) atoms. The first kappa shape index (κ1) is 12.4. The first-order valence-electron chi connectivity index (χ1n) is 6.43. The molecule has 0 aromatic carbocycles. The third-order valence-corrected chi connectivity index (χ3v) is 5.87. The van der Waals surface area contributed by atoms with E-state index in [0.29, 0.717) is 17.5 Å². The van der Waals surface area contributed by atoms with E-state index in [1.807, 2.05) is 0 Å². The molecule has 0 spiro atoms. The van der Waals surface area contributed by atoms with Crippen molar-refractivity contribution in [3.8, 4) is 0 Å². The molecule has 1 unspecified atom stereocenters. The van der Waals surface area contributed by atoms with Crippen molar-refractivity contribution in [1.82, 2.24) is 5.32 Å². The van der Waals surface area contributed by atoms with E-state index >= 15 is 0 Å². The van der Waals surface area contributed by atoms with Gasteiger partial charge in [0.1, 0.15) is 0 Å². The lowest BCUT2D eigenvalue weighted by Crippen LogP contribution is -2.51. The monoisotopic (exact) mass is 245 g/mol. The van der Waals surface area contributed by atoms with E-state index in [2.05, 4.69) is 19.2 Å². The van der Waals surface area contributed by atoms with Gasteiger partial charge in [-0.15, -0.1) is 0 Å². The first-order chi connectivity index (χ1) is 7.46. The molecule has 1 saturated heterocycles. The molecular weight excluding hydrogens is 222 g/mol. The smallest absolute Gasteiger partial charge is 0.151 e. The summed E-state index contributed by atoms with van der Waals surface area (Å²) < 4.78 is 23.0. The zero-order chi connectivity index (χ0) is 11.8. The molecule has 3 nitrogen and oxygen atoms in total. The molecule has 2 rings (SSSR count). The second-order valence-electron chi connectivity index (χ2n) is 5.79. The SMILES string of the molecule is CC(C)C1CC(NC2CCCS(=O)(=O)C2)C1. The molecule has 1 aliphatic heterocycles. The highest BCUT2D eigenvalue weighted by Crippen LogP contribution is 2.34. The van der Waals surface area contributed by atoms with Crippen LogP contribution in [0.25, 0.3) is 0 Å². The number of sulfone groups is 1. The first-order valence-corrected chi connectivity index (χ1v) is 8.25. The highest BCUT2D eigenvalue weighted by molar-refractivity contribution is 7.91. The summed E-state index contributed by atoms with van der Waals surface area (Å²) in [6.07, 6.45) is 4.32. The van der Waals surface area contributed by atoms with Crippen LogP contribution in [0, 0.1) is 11.8 Å². The third-order valence-electron chi connectivity index (χ3n) is 4.05. The Balaban J connectivity index is 1.75. The molecular formula is C12H23NO2S. The van der Waals surface area contributed by atoms with E-state index in [0.717, 1.165) is 24.7 Å². The van der Waals surface area contributed by atoms with Crippen molar-refractivity contribution in [2.75, 3.05) is 11.5 Å². The molecule has 4 heteroatoms. The average Bonchev–Trinajstić information content (AvgIpc) is 2.08. The van der Waals surface area contributed by atoms with E-state index < -0.39 is 9.84 Å². The standard InChI is InChI=1S/C12H23NO2S/c1-9(2)10-6-12(7-10)13-11-4-3-5-16(14,15)8-11/h9-13H,3-8H2,1-2H3. The summed E-state index contributed by atoms with van der Waals surface area (Å²) in [5.74, 6) is 2.37. The van der Waals surface area contributed by atoms with Crippen LogP contribution >= 0.6 is 0 Å². The Morgan fingerprint density at radius 1 is 1.19 bits per heavy atom. The molecule has 0 aromatic rings. The number of nitrogens with one attached hydrogen (secondary N) is 1. The Hall–Kier alpha value is -0.0900. The zero-order valence-corrected chi connectivity index (χ0v) is 11.1. The second kappa shape index (κ2) is 4.65. The Morgan fingerprint density at radius 2 is 1.88 bits per heavy atom. The van der Waals surface area contributed by atoms with Gasteiger partial charge in [-0.3, -0.25) is 0 Å². The highest BCUT2D eigenvalue weighted by Gasteiger charge is 2.34. The van der Waals surface area contributed by atoms with Crippen molar-refractivity contribution in [1.29, 1.82) is 0 Å². The molecule has 1 atom stereocenters. The van der Waals surface area contributed by atoms with E-state index in [1.54, 1.807) is 0 Å². The molecule has 0 aromatic heterocycles. The lowest BCUT2D eigenvalue weighted by molar-refractivity contribution is 0.157. The minimum absolute atomic E-state index is 0.219. The van der Waals surface area contributed by atoms with E-state index in [1.165, 1.54) is 12.8 Å². The molecule has 2 aliphatic rings.